The van der Waals surface area contributed by atoms with E-state index in [2.05, 4.69) is 22.4 Å². The van der Waals surface area contributed by atoms with Crippen LogP contribution in [0.25, 0.3) is 0 Å². The van der Waals surface area contributed by atoms with Crippen LogP contribution in [-0.4, -0.2) is 41.9 Å². The van der Waals surface area contributed by atoms with Crippen molar-refractivity contribution >= 4 is 23.5 Å². The predicted molar refractivity (Wildman–Crippen MR) is 81.1 cm³/mol. The molecule has 0 unspecified atom stereocenters. The van der Waals surface area contributed by atoms with E-state index in [1.807, 2.05) is 30.3 Å². The van der Waals surface area contributed by atoms with Gasteiger partial charge in [-0.1, -0.05) is 30.3 Å². The van der Waals surface area contributed by atoms with E-state index in [1.54, 1.807) is 4.90 Å². The smallest absolute Gasteiger partial charge is 0.409 e. The SMILES string of the molecule is O=C(OCCc1ccccc1)N1CCC(N=C=S)CC1. The van der Waals surface area contributed by atoms with E-state index in [9.17, 15) is 4.79 Å². The molecule has 0 aromatic heterocycles. The number of carbonyl (C=O) groups is 1. The van der Waals surface area contributed by atoms with Crippen LogP contribution in [0.1, 0.15) is 18.4 Å². The number of carbonyl (C=O) groups excluding carboxylic acids is 1. The predicted octanol–water partition coefficient (Wildman–Crippen LogP) is 2.93. The Labute approximate surface area is 124 Å². The number of piperidine rings is 1. The maximum Gasteiger partial charge on any atom is 0.409 e. The minimum absolute atomic E-state index is 0.209. The number of aliphatic imine (C=N–C) groups is 1. The fourth-order valence-corrected chi connectivity index (χ4v) is 2.39. The molecule has 1 amide bonds. The number of benzene rings is 1. The molecule has 20 heavy (non-hydrogen) atoms. The summed E-state index contributed by atoms with van der Waals surface area (Å²) in [6, 6.07) is 10.2. The molecule has 0 bridgehead atoms. The van der Waals surface area contributed by atoms with Gasteiger partial charge in [0.1, 0.15) is 0 Å². The second-order valence-electron chi connectivity index (χ2n) is 4.79. The molecule has 1 aromatic carbocycles. The molecule has 1 aliphatic heterocycles. The quantitative estimate of drug-likeness (QED) is 0.632. The molecule has 0 aliphatic carbocycles. The number of amides is 1. The molecule has 1 aliphatic rings. The summed E-state index contributed by atoms with van der Waals surface area (Å²) in [6.45, 7) is 1.77. The first-order valence-electron chi connectivity index (χ1n) is 6.82. The molecule has 0 radical (unpaired) electrons. The van der Waals surface area contributed by atoms with Crippen molar-refractivity contribution in [2.45, 2.75) is 25.3 Å². The lowest BCUT2D eigenvalue weighted by Crippen LogP contribution is -2.40. The van der Waals surface area contributed by atoms with Crippen LogP contribution in [0.15, 0.2) is 35.3 Å². The lowest BCUT2D eigenvalue weighted by molar-refractivity contribution is 0.0941. The van der Waals surface area contributed by atoms with Crippen LogP contribution in [0.3, 0.4) is 0 Å². The highest BCUT2D eigenvalue weighted by molar-refractivity contribution is 7.78. The molecule has 106 valence electrons. The Bertz CT molecular complexity index is 478. The molecule has 1 fully saturated rings. The van der Waals surface area contributed by atoms with Crippen molar-refractivity contribution in [1.29, 1.82) is 0 Å². The minimum Gasteiger partial charge on any atom is -0.449 e. The topological polar surface area (TPSA) is 41.9 Å². The van der Waals surface area contributed by atoms with Crippen molar-refractivity contribution in [2.24, 2.45) is 4.99 Å². The highest BCUT2D eigenvalue weighted by Crippen LogP contribution is 2.14. The van der Waals surface area contributed by atoms with Crippen molar-refractivity contribution in [2.75, 3.05) is 19.7 Å². The van der Waals surface area contributed by atoms with Crippen LogP contribution >= 0.6 is 12.2 Å². The van der Waals surface area contributed by atoms with Crippen molar-refractivity contribution in [3.8, 4) is 0 Å². The number of ether oxygens (including phenoxy) is 1. The molecule has 5 heteroatoms. The summed E-state index contributed by atoms with van der Waals surface area (Å²) >= 11 is 4.60. The molecule has 2 rings (SSSR count). The third-order valence-electron chi connectivity index (χ3n) is 3.42. The summed E-state index contributed by atoms with van der Waals surface area (Å²) in [7, 11) is 0. The second kappa shape index (κ2) is 7.78. The van der Waals surface area contributed by atoms with Crippen LogP contribution in [0.4, 0.5) is 4.79 Å². The maximum atomic E-state index is 11.9. The van der Waals surface area contributed by atoms with Gasteiger partial charge in [-0.15, -0.1) is 0 Å². The van der Waals surface area contributed by atoms with E-state index in [1.165, 1.54) is 5.56 Å². The zero-order chi connectivity index (χ0) is 14.2. The molecular formula is C15H18N2O2S. The number of thiocarbonyl (C=S) groups is 1. The van der Waals surface area contributed by atoms with E-state index < -0.39 is 0 Å². The summed E-state index contributed by atoms with van der Waals surface area (Å²) < 4.78 is 5.30. The molecule has 0 N–H and O–H groups in total. The summed E-state index contributed by atoms with van der Waals surface area (Å²) in [5.74, 6) is 0. The van der Waals surface area contributed by atoms with Gasteiger partial charge in [0.05, 0.1) is 17.8 Å². The Morgan fingerprint density at radius 2 is 2.05 bits per heavy atom. The molecule has 0 atom stereocenters. The highest BCUT2D eigenvalue weighted by atomic mass is 32.1. The summed E-state index contributed by atoms with van der Waals surface area (Å²) in [5.41, 5.74) is 1.18. The third-order valence-corrected chi connectivity index (χ3v) is 3.52. The fraction of sp³-hybridized carbons (Fsp3) is 0.467. The summed E-state index contributed by atoms with van der Waals surface area (Å²) in [4.78, 5) is 17.7. The van der Waals surface area contributed by atoms with Gasteiger partial charge in [-0.05, 0) is 30.6 Å². The van der Waals surface area contributed by atoms with Gasteiger partial charge in [0.25, 0.3) is 0 Å². The zero-order valence-electron chi connectivity index (χ0n) is 11.3. The van der Waals surface area contributed by atoms with Gasteiger partial charge in [-0.2, -0.15) is 0 Å². The van der Waals surface area contributed by atoms with E-state index in [0.29, 0.717) is 19.7 Å². The molecule has 4 nitrogen and oxygen atoms in total. The third kappa shape index (κ3) is 4.44. The number of nitrogens with zero attached hydrogens (tertiary/aromatic N) is 2. The fourth-order valence-electron chi connectivity index (χ4n) is 2.24. The van der Waals surface area contributed by atoms with Gasteiger partial charge >= 0.3 is 6.09 Å². The van der Waals surface area contributed by atoms with Gasteiger partial charge < -0.3 is 9.64 Å². The number of isothiocyanates is 1. The number of hydrogen-bond acceptors (Lipinski definition) is 4. The molecule has 1 aromatic rings. The first-order chi connectivity index (χ1) is 9.79. The molecule has 1 saturated heterocycles. The zero-order valence-corrected chi connectivity index (χ0v) is 12.1. The standard InChI is InChI=1S/C15H18N2O2S/c18-15(17-9-6-14(7-10-17)16-12-20)19-11-8-13-4-2-1-3-5-13/h1-5,14H,6-11H2. The van der Waals surface area contributed by atoms with Crippen LogP contribution in [-0.2, 0) is 11.2 Å². The number of hydrogen-bond donors (Lipinski definition) is 0. The van der Waals surface area contributed by atoms with Crippen LogP contribution in [0.2, 0.25) is 0 Å². The van der Waals surface area contributed by atoms with Crippen LogP contribution < -0.4 is 0 Å². The van der Waals surface area contributed by atoms with Crippen molar-refractivity contribution in [3.05, 3.63) is 35.9 Å². The monoisotopic (exact) mass is 290 g/mol. The lowest BCUT2D eigenvalue weighted by Gasteiger charge is -2.28. The van der Waals surface area contributed by atoms with Gasteiger partial charge in [-0.25, -0.2) is 9.79 Å². The lowest BCUT2D eigenvalue weighted by atomic mass is 10.1. The Morgan fingerprint density at radius 3 is 2.70 bits per heavy atom. The van der Waals surface area contributed by atoms with Gasteiger partial charge in [0, 0.05) is 19.5 Å². The first-order valence-corrected chi connectivity index (χ1v) is 7.23. The van der Waals surface area contributed by atoms with Crippen molar-refractivity contribution in [1.82, 2.24) is 4.90 Å². The van der Waals surface area contributed by atoms with Gasteiger partial charge in [0.2, 0.25) is 0 Å². The highest BCUT2D eigenvalue weighted by Gasteiger charge is 2.23. The average molecular weight is 290 g/mol. The van der Waals surface area contributed by atoms with Crippen LogP contribution in [0, 0.1) is 0 Å². The average Bonchev–Trinajstić information content (AvgIpc) is 2.49. The largest absolute Gasteiger partial charge is 0.449 e. The molecule has 0 spiro atoms. The van der Waals surface area contributed by atoms with Gasteiger partial charge in [0.15, 0.2) is 0 Å². The summed E-state index contributed by atoms with van der Waals surface area (Å²) in [5, 5.41) is 2.41. The maximum absolute atomic E-state index is 11.9. The molecule has 0 saturated carbocycles. The Kier molecular flexibility index (Phi) is 5.71. The van der Waals surface area contributed by atoms with E-state index in [0.717, 1.165) is 19.3 Å². The van der Waals surface area contributed by atoms with Crippen LogP contribution in [0.5, 0.6) is 0 Å². The normalized spacial score (nSPS) is 15.5. The molecular weight excluding hydrogens is 272 g/mol. The summed E-state index contributed by atoms with van der Waals surface area (Å²) in [6.07, 6.45) is 2.18. The number of rotatable bonds is 4. The Balaban J connectivity index is 1.69. The van der Waals surface area contributed by atoms with Crippen molar-refractivity contribution in [3.63, 3.8) is 0 Å². The Morgan fingerprint density at radius 1 is 1.35 bits per heavy atom. The van der Waals surface area contributed by atoms with E-state index in [-0.39, 0.29) is 12.1 Å². The van der Waals surface area contributed by atoms with Gasteiger partial charge in [-0.3, -0.25) is 0 Å². The first kappa shape index (κ1) is 14.7. The Hall–Kier alpha value is -1.71. The minimum atomic E-state index is -0.231. The van der Waals surface area contributed by atoms with E-state index in [4.69, 9.17) is 4.74 Å². The van der Waals surface area contributed by atoms with E-state index >= 15 is 0 Å². The second-order valence-corrected chi connectivity index (χ2v) is 4.97. The number of likely N-dealkylation sites (tertiary alicyclic amines) is 1. The molecule has 1 heterocycles. The van der Waals surface area contributed by atoms with Crippen molar-refractivity contribution < 1.29 is 9.53 Å².